The molecule has 1 aromatic heterocycles. The molecule has 5 nitrogen and oxygen atoms in total. The summed E-state index contributed by atoms with van der Waals surface area (Å²) >= 11 is 0. The van der Waals surface area contributed by atoms with Crippen LogP contribution in [0.15, 0.2) is 53.1 Å². The van der Waals surface area contributed by atoms with E-state index in [1.807, 2.05) is 19.1 Å². The molecular formula is C23H25NO4. The molecule has 0 aliphatic carbocycles. The minimum absolute atomic E-state index is 0.136. The van der Waals surface area contributed by atoms with Crippen molar-refractivity contribution in [3.63, 3.8) is 0 Å². The number of unbranched alkanes of at least 4 members (excludes halogenated alkanes) is 1. The Bertz CT molecular complexity index is 956. The highest BCUT2D eigenvalue weighted by Gasteiger charge is 2.12. The molecule has 1 amide bonds. The van der Waals surface area contributed by atoms with Gasteiger partial charge in [0.05, 0.1) is 24.9 Å². The Morgan fingerprint density at radius 2 is 1.86 bits per heavy atom. The van der Waals surface area contributed by atoms with Crippen molar-refractivity contribution in [2.45, 2.75) is 39.5 Å². The van der Waals surface area contributed by atoms with Crippen molar-refractivity contribution in [3.8, 4) is 0 Å². The molecule has 3 aromatic rings. The monoisotopic (exact) mass is 379 g/mol. The zero-order valence-electron chi connectivity index (χ0n) is 16.3. The molecule has 5 heteroatoms. The highest BCUT2D eigenvalue weighted by molar-refractivity contribution is 5.96. The van der Waals surface area contributed by atoms with Crippen LogP contribution in [0.4, 0.5) is 5.69 Å². The van der Waals surface area contributed by atoms with Crippen LogP contribution in [0.2, 0.25) is 0 Å². The summed E-state index contributed by atoms with van der Waals surface area (Å²) in [6.07, 6.45) is 4.62. The fourth-order valence-corrected chi connectivity index (χ4v) is 2.95. The van der Waals surface area contributed by atoms with Crippen LogP contribution in [-0.4, -0.2) is 18.5 Å². The summed E-state index contributed by atoms with van der Waals surface area (Å²) in [6.45, 7) is 4.56. The maximum absolute atomic E-state index is 12.4. The second-order valence-electron chi connectivity index (χ2n) is 6.74. The highest BCUT2D eigenvalue weighted by atomic mass is 16.5. The van der Waals surface area contributed by atoms with Crippen LogP contribution >= 0.6 is 0 Å². The normalized spacial score (nSPS) is 10.8. The van der Waals surface area contributed by atoms with E-state index in [1.54, 1.807) is 30.5 Å². The van der Waals surface area contributed by atoms with Crippen molar-refractivity contribution in [1.82, 2.24) is 0 Å². The average Bonchev–Trinajstić information content (AvgIpc) is 3.10. The van der Waals surface area contributed by atoms with Crippen LogP contribution in [0, 0.1) is 0 Å². The van der Waals surface area contributed by atoms with Gasteiger partial charge in [-0.3, -0.25) is 4.79 Å². The molecule has 2 aromatic carbocycles. The second-order valence-corrected chi connectivity index (χ2v) is 6.74. The van der Waals surface area contributed by atoms with Gasteiger partial charge in [0, 0.05) is 16.6 Å². The van der Waals surface area contributed by atoms with Crippen molar-refractivity contribution in [2.75, 3.05) is 11.9 Å². The number of ether oxygens (including phenoxy) is 1. The zero-order valence-corrected chi connectivity index (χ0v) is 16.3. The molecule has 0 unspecified atom stereocenters. The van der Waals surface area contributed by atoms with Gasteiger partial charge in [0.25, 0.3) is 0 Å². The van der Waals surface area contributed by atoms with Crippen LogP contribution in [0.3, 0.4) is 0 Å². The number of aryl methyl sites for hydroxylation is 1. The van der Waals surface area contributed by atoms with Crippen LogP contribution in [0.1, 0.15) is 48.2 Å². The fourth-order valence-electron chi connectivity index (χ4n) is 2.95. The van der Waals surface area contributed by atoms with E-state index in [4.69, 9.17) is 9.15 Å². The molecule has 0 bridgehead atoms. The molecule has 146 valence electrons. The van der Waals surface area contributed by atoms with Crippen LogP contribution in [-0.2, 0) is 22.4 Å². The van der Waals surface area contributed by atoms with Crippen LogP contribution in [0.5, 0.6) is 0 Å². The molecule has 0 atom stereocenters. The number of hydrogen-bond donors (Lipinski definition) is 1. The Labute approximate surface area is 164 Å². The minimum Gasteiger partial charge on any atom is -0.464 e. The summed E-state index contributed by atoms with van der Waals surface area (Å²) in [5.41, 5.74) is 3.96. The first-order valence-electron chi connectivity index (χ1n) is 9.66. The van der Waals surface area contributed by atoms with Gasteiger partial charge in [0.2, 0.25) is 5.91 Å². The summed E-state index contributed by atoms with van der Waals surface area (Å²) in [7, 11) is 0. The molecule has 0 aliphatic rings. The first-order chi connectivity index (χ1) is 13.6. The molecular weight excluding hydrogens is 354 g/mol. The van der Waals surface area contributed by atoms with E-state index < -0.39 is 0 Å². The van der Waals surface area contributed by atoms with Gasteiger partial charge in [-0.05, 0) is 54.8 Å². The second kappa shape index (κ2) is 9.22. The summed E-state index contributed by atoms with van der Waals surface area (Å²) < 4.78 is 10.7. The topological polar surface area (TPSA) is 68.5 Å². The molecule has 0 aliphatic heterocycles. The Balaban J connectivity index is 1.61. The number of anilines is 1. The largest absolute Gasteiger partial charge is 0.464 e. The number of esters is 1. The third kappa shape index (κ3) is 4.80. The van der Waals surface area contributed by atoms with Crippen molar-refractivity contribution in [3.05, 3.63) is 65.4 Å². The molecule has 0 saturated carbocycles. The summed E-state index contributed by atoms with van der Waals surface area (Å²) in [5, 5.41) is 3.83. The molecule has 1 N–H and O–H groups in total. The van der Waals surface area contributed by atoms with E-state index in [1.165, 1.54) is 5.56 Å². The van der Waals surface area contributed by atoms with E-state index in [9.17, 15) is 9.59 Å². The maximum atomic E-state index is 12.4. The van der Waals surface area contributed by atoms with Crippen molar-refractivity contribution in [1.29, 1.82) is 0 Å². The molecule has 0 saturated heterocycles. The van der Waals surface area contributed by atoms with E-state index in [2.05, 4.69) is 18.3 Å². The van der Waals surface area contributed by atoms with E-state index >= 15 is 0 Å². The van der Waals surface area contributed by atoms with Crippen molar-refractivity contribution in [2.24, 2.45) is 0 Å². The third-order valence-electron chi connectivity index (χ3n) is 4.61. The average molecular weight is 379 g/mol. The fraction of sp³-hybridized carbons (Fsp3) is 0.304. The van der Waals surface area contributed by atoms with Gasteiger partial charge >= 0.3 is 5.97 Å². The van der Waals surface area contributed by atoms with Crippen LogP contribution in [0.25, 0.3) is 11.0 Å². The number of benzene rings is 2. The lowest BCUT2D eigenvalue weighted by molar-refractivity contribution is -0.115. The Morgan fingerprint density at radius 1 is 1.07 bits per heavy atom. The van der Waals surface area contributed by atoms with E-state index in [-0.39, 0.29) is 18.3 Å². The quantitative estimate of drug-likeness (QED) is 0.435. The lowest BCUT2D eigenvalue weighted by Gasteiger charge is -2.07. The number of carbonyl (C=O) groups is 2. The maximum Gasteiger partial charge on any atom is 0.338 e. The first-order valence-corrected chi connectivity index (χ1v) is 9.66. The summed E-state index contributed by atoms with van der Waals surface area (Å²) in [6, 6.07) is 12.8. The first kappa shape index (κ1) is 19.7. The number of hydrogen-bond acceptors (Lipinski definition) is 4. The molecule has 1 heterocycles. The van der Waals surface area contributed by atoms with Crippen molar-refractivity contribution < 1.29 is 18.7 Å². The van der Waals surface area contributed by atoms with Gasteiger partial charge < -0.3 is 14.5 Å². The number of carbonyl (C=O) groups excluding carboxylic acids is 2. The predicted molar refractivity (Wildman–Crippen MR) is 110 cm³/mol. The van der Waals surface area contributed by atoms with Gasteiger partial charge in [-0.2, -0.15) is 0 Å². The number of rotatable bonds is 8. The van der Waals surface area contributed by atoms with Crippen molar-refractivity contribution >= 4 is 28.5 Å². The predicted octanol–water partition coefficient (Wildman–Crippen LogP) is 5.13. The lowest BCUT2D eigenvalue weighted by Crippen LogP contribution is -2.14. The molecule has 0 spiro atoms. The minimum atomic E-state index is -0.345. The van der Waals surface area contributed by atoms with Gasteiger partial charge in [-0.15, -0.1) is 0 Å². The van der Waals surface area contributed by atoms with Crippen LogP contribution < -0.4 is 5.32 Å². The Kier molecular flexibility index (Phi) is 6.48. The Morgan fingerprint density at radius 3 is 2.57 bits per heavy atom. The molecule has 28 heavy (non-hydrogen) atoms. The highest BCUT2D eigenvalue weighted by Crippen LogP contribution is 2.23. The summed E-state index contributed by atoms with van der Waals surface area (Å²) in [4.78, 5) is 24.3. The number of amides is 1. The zero-order chi connectivity index (χ0) is 19.9. The number of fused-ring (bicyclic) bond motifs is 1. The number of furan rings is 1. The smallest absolute Gasteiger partial charge is 0.338 e. The molecule has 3 rings (SSSR count). The van der Waals surface area contributed by atoms with Gasteiger partial charge in [-0.1, -0.05) is 26.3 Å². The van der Waals surface area contributed by atoms with Gasteiger partial charge in [0.15, 0.2) is 0 Å². The van der Waals surface area contributed by atoms with E-state index in [0.717, 1.165) is 35.8 Å². The van der Waals surface area contributed by atoms with E-state index in [0.29, 0.717) is 17.9 Å². The number of nitrogens with one attached hydrogen (secondary N) is 1. The molecule has 0 fully saturated rings. The summed E-state index contributed by atoms with van der Waals surface area (Å²) in [5.74, 6) is -0.481. The van der Waals surface area contributed by atoms with Gasteiger partial charge in [0.1, 0.15) is 5.58 Å². The Hall–Kier alpha value is -3.08. The third-order valence-corrected chi connectivity index (χ3v) is 4.61. The standard InChI is InChI=1S/C23H25NO4/c1-3-5-12-27-23(26)17-7-9-19(10-8-17)24-22(25)14-18-15-28-21-11-6-16(4-2)13-20(18)21/h6-11,13,15H,3-5,12,14H2,1-2H3,(H,24,25). The lowest BCUT2D eigenvalue weighted by atomic mass is 10.1. The van der Waals surface area contributed by atoms with Gasteiger partial charge in [-0.25, -0.2) is 4.79 Å². The SMILES string of the molecule is CCCCOC(=O)c1ccc(NC(=O)Cc2coc3ccc(CC)cc23)cc1. The molecule has 0 radical (unpaired) electrons.